The maximum absolute atomic E-state index is 12.5. The summed E-state index contributed by atoms with van der Waals surface area (Å²) < 4.78 is 0. The number of urea groups is 3. The quantitative estimate of drug-likeness (QED) is 0.0824. The van der Waals surface area contributed by atoms with Gasteiger partial charge in [-0.05, 0) is 37.0 Å². The normalized spacial score (nSPS) is 12.8. The summed E-state index contributed by atoms with van der Waals surface area (Å²) in [5.74, 6) is -0.00798. The van der Waals surface area contributed by atoms with Gasteiger partial charge in [0.25, 0.3) is 0 Å². The number of rotatable bonds is 22. The highest BCUT2D eigenvalue weighted by Crippen LogP contribution is 2.36. The molecule has 17 heteroatoms. The van der Waals surface area contributed by atoms with Gasteiger partial charge < -0.3 is 42.5 Å². The van der Waals surface area contributed by atoms with Crippen molar-refractivity contribution in [2.75, 3.05) is 88.8 Å². The molecular weight excluding hydrogens is 616 g/mol. The van der Waals surface area contributed by atoms with Crippen LogP contribution in [-0.2, 0) is 9.59 Å². The van der Waals surface area contributed by atoms with Crippen LogP contribution in [0.3, 0.4) is 0 Å². The fraction of sp³-hybridized carbons (Fsp3) is 0.800. The van der Waals surface area contributed by atoms with E-state index in [2.05, 4.69) is 63.3 Å². The van der Waals surface area contributed by atoms with Crippen molar-refractivity contribution in [2.24, 2.45) is 0 Å². The summed E-state index contributed by atoms with van der Waals surface area (Å²) in [6.07, 6.45) is 9.18. The number of carbonyl (C=O) groups excluding carboxylic acids is 5. The van der Waals surface area contributed by atoms with E-state index in [9.17, 15) is 24.0 Å². The third kappa shape index (κ3) is 21.2. The molecule has 42 heavy (non-hydrogen) atoms. The molecule has 0 bridgehead atoms. The molecule has 8 N–H and O–H groups in total. The van der Waals surface area contributed by atoms with Crippen LogP contribution in [0.25, 0.3) is 0 Å². The van der Waals surface area contributed by atoms with Gasteiger partial charge in [-0.15, -0.1) is 0 Å². The molecule has 0 fully saturated rings. The minimum absolute atomic E-state index is 0.0833. The van der Waals surface area contributed by atoms with Crippen molar-refractivity contribution in [3.05, 3.63) is 0 Å². The van der Waals surface area contributed by atoms with Crippen molar-refractivity contribution in [2.45, 2.75) is 40.5 Å². The Balaban J connectivity index is 4.61. The van der Waals surface area contributed by atoms with Gasteiger partial charge in [0.05, 0.1) is 0 Å². The molecule has 0 saturated heterocycles. The van der Waals surface area contributed by atoms with Crippen LogP contribution >= 0.6 is 31.7 Å². The Morgan fingerprint density at radius 1 is 0.429 bits per heavy atom. The maximum Gasteiger partial charge on any atom is 0.315 e. The Kier molecular flexibility index (Phi) is 25.0. The lowest BCUT2D eigenvalue weighted by molar-refractivity contribution is -0.121. The number of hydrogen-bond donors (Lipinski definition) is 8. The first-order valence-corrected chi connectivity index (χ1v) is 22.1. The molecule has 0 radical (unpaired) electrons. The Labute approximate surface area is 257 Å². The molecule has 0 aliphatic heterocycles. The number of hydrogen-bond acceptors (Lipinski definition) is 5. The van der Waals surface area contributed by atoms with E-state index in [1.54, 1.807) is 7.05 Å². The van der Waals surface area contributed by atoms with Crippen molar-refractivity contribution in [3.63, 3.8) is 0 Å². The summed E-state index contributed by atoms with van der Waals surface area (Å²) in [6.45, 7) is 8.43. The standard InChI is InChI=1S/C25H54N8O5P4/c1-7-39(8-2)15-28-21(34)11-13-40(9-3)17-32-25(38)33-20-42(19-31-24(37)27-6)14-12-22(35)29-16-41(10-4)18-30-23(36)26-5/h7-20H2,1-6H3,(H,28,34)(H,29,35)(H2,26,30,36)(H2,27,31,37)(H2,32,33,38). The largest absolute Gasteiger partial charge is 0.352 e. The van der Waals surface area contributed by atoms with Gasteiger partial charge in [0, 0.05) is 64.7 Å². The number of carbonyl (C=O) groups is 5. The summed E-state index contributed by atoms with van der Waals surface area (Å²) >= 11 is 0. The first kappa shape index (κ1) is 40.5. The van der Waals surface area contributed by atoms with Gasteiger partial charge in [0.1, 0.15) is 0 Å². The van der Waals surface area contributed by atoms with Crippen LogP contribution in [0.4, 0.5) is 14.4 Å². The van der Waals surface area contributed by atoms with Gasteiger partial charge in [0.15, 0.2) is 0 Å². The molecule has 0 heterocycles. The van der Waals surface area contributed by atoms with Crippen molar-refractivity contribution >= 4 is 61.6 Å². The van der Waals surface area contributed by atoms with E-state index in [0.717, 1.165) is 37.1 Å². The summed E-state index contributed by atoms with van der Waals surface area (Å²) in [7, 11) is 1.03. The second kappa shape index (κ2) is 25.9. The molecule has 0 aromatic heterocycles. The lowest BCUT2D eigenvalue weighted by Gasteiger charge is -2.21. The lowest BCUT2D eigenvalue weighted by Crippen LogP contribution is -2.38. The van der Waals surface area contributed by atoms with E-state index < -0.39 is 23.8 Å². The van der Waals surface area contributed by atoms with Crippen LogP contribution in [0.1, 0.15) is 40.5 Å². The number of nitrogens with one attached hydrogen (secondary N) is 8. The molecule has 0 aliphatic carbocycles. The molecule has 0 aliphatic rings. The first-order valence-electron chi connectivity index (χ1n) is 14.5. The van der Waals surface area contributed by atoms with Crippen LogP contribution in [0.5, 0.6) is 0 Å². The minimum atomic E-state index is -0.880. The second-order valence-electron chi connectivity index (χ2n) is 9.24. The van der Waals surface area contributed by atoms with Crippen molar-refractivity contribution < 1.29 is 24.0 Å². The maximum atomic E-state index is 12.5. The lowest BCUT2D eigenvalue weighted by atomic mass is 10.5. The van der Waals surface area contributed by atoms with Gasteiger partial charge >= 0.3 is 18.1 Å². The van der Waals surface area contributed by atoms with E-state index in [0.29, 0.717) is 44.0 Å². The molecular formula is C25H54N8O5P4. The first-order chi connectivity index (χ1) is 20.1. The van der Waals surface area contributed by atoms with E-state index in [1.807, 2.05) is 6.92 Å². The number of amides is 8. The highest BCUT2D eigenvalue weighted by atomic mass is 31.1. The van der Waals surface area contributed by atoms with Gasteiger partial charge in [0.2, 0.25) is 11.8 Å². The molecule has 0 saturated carbocycles. The molecule has 0 rings (SSSR count). The average molecular weight is 671 g/mol. The van der Waals surface area contributed by atoms with E-state index in [4.69, 9.17) is 0 Å². The van der Waals surface area contributed by atoms with Gasteiger partial charge in [-0.2, -0.15) is 0 Å². The van der Waals surface area contributed by atoms with E-state index >= 15 is 0 Å². The highest BCUT2D eigenvalue weighted by Gasteiger charge is 2.16. The Hall–Kier alpha value is -1.53. The smallest absolute Gasteiger partial charge is 0.315 e. The van der Waals surface area contributed by atoms with E-state index in [1.165, 1.54) is 7.05 Å². The molecule has 8 amide bonds. The van der Waals surface area contributed by atoms with E-state index in [-0.39, 0.29) is 44.3 Å². The SMILES string of the molecule is CCP(CC)CNC(=O)CCP(CC)CNC(=O)NCP(CCC(=O)NCP(CC)CNC(=O)NC)CNC(=O)NC. The van der Waals surface area contributed by atoms with Crippen molar-refractivity contribution in [1.82, 2.24) is 42.5 Å². The van der Waals surface area contributed by atoms with Gasteiger partial charge in [-0.25, -0.2) is 14.4 Å². The zero-order valence-corrected chi connectivity index (χ0v) is 29.8. The zero-order valence-electron chi connectivity index (χ0n) is 26.2. The molecule has 3 unspecified atom stereocenters. The fourth-order valence-corrected chi connectivity index (χ4v) is 9.25. The van der Waals surface area contributed by atoms with Crippen LogP contribution in [0, 0.1) is 0 Å². The van der Waals surface area contributed by atoms with Crippen molar-refractivity contribution in [1.29, 1.82) is 0 Å². The van der Waals surface area contributed by atoms with Crippen LogP contribution in [-0.4, -0.2) is 119 Å². The third-order valence-electron chi connectivity index (χ3n) is 6.41. The summed E-state index contributed by atoms with van der Waals surface area (Å²) in [5.41, 5.74) is 0. The molecule has 0 aromatic carbocycles. The predicted molar refractivity (Wildman–Crippen MR) is 181 cm³/mol. The molecule has 3 atom stereocenters. The highest BCUT2D eigenvalue weighted by molar-refractivity contribution is 7.58. The third-order valence-corrected chi connectivity index (χ3v) is 15.3. The molecule has 0 aromatic rings. The molecule has 0 spiro atoms. The van der Waals surface area contributed by atoms with Crippen LogP contribution < -0.4 is 42.5 Å². The Morgan fingerprint density at radius 2 is 0.762 bits per heavy atom. The average Bonchev–Trinajstić information content (AvgIpc) is 3.00. The summed E-state index contributed by atoms with van der Waals surface area (Å²) in [4.78, 5) is 60.4. The van der Waals surface area contributed by atoms with Gasteiger partial charge in [-0.3, -0.25) is 9.59 Å². The Morgan fingerprint density at radius 3 is 1.19 bits per heavy atom. The summed E-state index contributed by atoms with van der Waals surface area (Å²) in [5, 5.41) is 22.4. The Bertz CT molecular complexity index is 811. The molecule has 13 nitrogen and oxygen atoms in total. The summed E-state index contributed by atoms with van der Waals surface area (Å²) in [6, 6.07) is -0.839. The fourth-order valence-electron chi connectivity index (χ4n) is 3.36. The molecule has 244 valence electrons. The van der Waals surface area contributed by atoms with Crippen LogP contribution in [0.15, 0.2) is 0 Å². The predicted octanol–water partition coefficient (Wildman–Crippen LogP) is 2.91. The zero-order chi connectivity index (χ0) is 31.8. The topological polar surface area (TPSA) is 182 Å². The van der Waals surface area contributed by atoms with Crippen molar-refractivity contribution in [3.8, 4) is 0 Å². The minimum Gasteiger partial charge on any atom is -0.352 e. The monoisotopic (exact) mass is 670 g/mol. The van der Waals surface area contributed by atoms with Gasteiger partial charge in [-0.1, -0.05) is 59.4 Å². The second-order valence-corrected chi connectivity index (χ2v) is 19.9. The van der Waals surface area contributed by atoms with Crippen LogP contribution in [0.2, 0.25) is 0 Å².